The van der Waals surface area contributed by atoms with E-state index in [1.54, 1.807) is 12.1 Å². The molecule has 21 heavy (non-hydrogen) atoms. The quantitative estimate of drug-likeness (QED) is 0.848. The van der Waals surface area contributed by atoms with Gasteiger partial charge in [0.2, 0.25) is 0 Å². The van der Waals surface area contributed by atoms with Crippen molar-refractivity contribution in [1.82, 2.24) is 4.57 Å². The number of aromatic nitrogens is 1. The predicted octanol–water partition coefficient (Wildman–Crippen LogP) is 3.14. The van der Waals surface area contributed by atoms with Gasteiger partial charge in [-0.15, -0.1) is 13.2 Å². The molecule has 0 bridgehead atoms. The summed E-state index contributed by atoms with van der Waals surface area (Å²) in [6.07, 6.45) is 2.79. The first-order chi connectivity index (χ1) is 9.90. The van der Waals surface area contributed by atoms with Crippen LogP contribution in [0.3, 0.4) is 0 Å². The van der Waals surface area contributed by atoms with Crippen LogP contribution in [0.25, 0.3) is 18.3 Å². The monoisotopic (exact) mass is 293 g/mol. The Morgan fingerprint density at radius 1 is 1.14 bits per heavy atom. The van der Waals surface area contributed by atoms with E-state index in [1.165, 1.54) is 12.1 Å². The number of ether oxygens (including phenoxy) is 1. The molecule has 5 heteroatoms. The molecule has 0 aliphatic rings. The third-order valence-electron chi connectivity index (χ3n) is 2.81. The van der Waals surface area contributed by atoms with Gasteiger partial charge in [-0.3, -0.25) is 0 Å². The van der Waals surface area contributed by atoms with Crippen molar-refractivity contribution in [2.75, 3.05) is 0 Å². The summed E-state index contributed by atoms with van der Waals surface area (Å²) >= 11 is 0. The number of rotatable bonds is 3. The predicted molar refractivity (Wildman–Crippen MR) is 76.5 cm³/mol. The Hall–Kier alpha value is -2.43. The van der Waals surface area contributed by atoms with Crippen molar-refractivity contribution in [3.8, 4) is 11.4 Å². The molecule has 0 radical (unpaired) electrons. The minimum absolute atomic E-state index is 0.243. The van der Waals surface area contributed by atoms with Crippen molar-refractivity contribution < 1.29 is 17.9 Å². The maximum absolute atomic E-state index is 12.1. The lowest BCUT2D eigenvalue weighted by molar-refractivity contribution is -0.274. The number of halogens is 3. The van der Waals surface area contributed by atoms with Crippen LogP contribution in [0.1, 0.15) is 6.92 Å². The first-order valence-corrected chi connectivity index (χ1v) is 6.26. The lowest BCUT2D eigenvalue weighted by Gasteiger charge is -2.10. The number of nitrogens with zero attached hydrogens (tertiary/aromatic N) is 1. The standard InChI is InChI=1S/C16H14F3NO/c1-3-4-5-15-12(2)10-11-20(15)13-6-8-14(9-7-13)21-16(17,18)19/h3-11H,2H2,1H3/b4-3-,15-5+. The molecular weight excluding hydrogens is 279 g/mol. The fourth-order valence-corrected chi connectivity index (χ4v) is 1.89. The number of allylic oxidation sites excluding steroid dienone is 2. The van der Waals surface area contributed by atoms with Gasteiger partial charge in [-0.05, 0) is 48.6 Å². The highest BCUT2D eigenvalue weighted by molar-refractivity contribution is 5.43. The molecule has 2 aromatic rings. The zero-order valence-corrected chi connectivity index (χ0v) is 11.4. The number of hydrogen-bond donors (Lipinski definition) is 0. The van der Waals surface area contributed by atoms with Gasteiger partial charge < -0.3 is 9.30 Å². The van der Waals surface area contributed by atoms with Gasteiger partial charge in [0.05, 0.1) is 5.35 Å². The molecule has 0 fully saturated rings. The van der Waals surface area contributed by atoms with E-state index in [-0.39, 0.29) is 5.75 Å². The average Bonchev–Trinajstić information content (AvgIpc) is 2.77. The molecule has 0 aliphatic heterocycles. The molecule has 0 spiro atoms. The molecule has 1 aromatic carbocycles. The summed E-state index contributed by atoms with van der Waals surface area (Å²) in [7, 11) is 0. The van der Waals surface area contributed by atoms with Gasteiger partial charge in [0, 0.05) is 11.9 Å². The van der Waals surface area contributed by atoms with Crippen LogP contribution in [0.15, 0.2) is 48.7 Å². The fraction of sp³-hybridized carbons (Fsp3) is 0.125. The number of hydrogen-bond acceptors (Lipinski definition) is 1. The molecule has 0 unspecified atom stereocenters. The molecule has 0 amide bonds. The van der Waals surface area contributed by atoms with Gasteiger partial charge in [0.1, 0.15) is 5.75 Å². The second-order valence-corrected chi connectivity index (χ2v) is 4.33. The molecule has 2 rings (SSSR count). The third kappa shape index (κ3) is 3.78. The summed E-state index contributed by atoms with van der Waals surface area (Å²) in [4.78, 5) is 0. The maximum atomic E-state index is 12.1. The van der Waals surface area contributed by atoms with Gasteiger partial charge in [-0.1, -0.05) is 18.7 Å². The minimum atomic E-state index is -4.68. The van der Waals surface area contributed by atoms with Gasteiger partial charge in [-0.25, -0.2) is 0 Å². The first-order valence-electron chi connectivity index (χ1n) is 6.26. The molecule has 2 nitrogen and oxygen atoms in total. The second-order valence-electron chi connectivity index (χ2n) is 4.33. The molecule has 0 saturated carbocycles. The summed E-state index contributed by atoms with van der Waals surface area (Å²) in [5.41, 5.74) is 0.732. The lowest BCUT2D eigenvalue weighted by Crippen LogP contribution is -2.26. The van der Waals surface area contributed by atoms with Crippen LogP contribution < -0.4 is 15.3 Å². The average molecular weight is 293 g/mol. The zero-order chi connectivity index (χ0) is 15.5. The summed E-state index contributed by atoms with van der Waals surface area (Å²) < 4.78 is 42.1. The molecule has 0 atom stereocenters. The second kappa shape index (κ2) is 5.91. The SMILES string of the molecule is C=c1ccn(-c2ccc(OC(F)(F)F)cc2)/c1=C/C=C\C. The largest absolute Gasteiger partial charge is 0.573 e. The summed E-state index contributed by atoms with van der Waals surface area (Å²) in [5.74, 6) is -0.243. The Morgan fingerprint density at radius 3 is 2.38 bits per heavy atom. The van der Waals surface area contributed by atoms with Crippen LogP contribution in [-0.2, 0) is 0 Å². The van der Waals surface area contributed by atoms with Crippen molar-refractivity contribution in [2.45, 2.75) is 13.3 Å². The Kier molecular flexibility index (Phi) is 4.21. The zero-order valence-electron chi connectivity index (χ0n) is 11.4. The van der Waals surface area contributed by atoms with Crippen LogP contribution in [0.4, 0.5) is 13.2 Å². The van der Waals surface area contributed by atoms with Crippen molar-refractivity contribution in [1.29, 1.82) is 0 Å². The molecule has 0 N–H and O–H groups in total. The third-order valence-corrected chi connectivity index (χ3v) is 2.81. The fourth-order valence-electron chi connectivity index (χ4n) is 1.89. The van der Waals surface area contributed by atoms with E-state index in [2.05, 4.69) is 11.3 Å². The van der Waals surface area contributed by atoms with E-state index in [4.69, 9.17) is 0 Å². The normalized spacial score (nSPS) is 13.0. The minimum Gasteiger partial charge on any atom is -0.406 e. The molecule has 0 aliphatic carbocycles. The molecular formula is C16H14F3NO. The summed E-state index contributed by atoms with van der Waals surface area (Å²) in [6.45, 7) is 5.82. The lowest BCUT2D eigenvalue weighted by atomic mass is 10.3. The van der Waals surface area contributed by atoms with Crippen LogP contribution in [0.5, 0.6) is 5.75 Å². The summed E-state index contributed by atoms with van der Waals surface area (Å²) in [5, 5.41) is 1.71. The van der Waals surface area contributed by atoms with Gasteiger partial charge in [0.25, 0.3) is 0 Å². The highest BCUT2D eigenvalue weighted by Gasteiger charge is 2.30. The topological polar surface area (TPSA) is 14.2 Å². The van der Waals surface area contributed by atoms with Crippen molar-refractivity contribution in [3.05, 3.63) is 59.2 Å². The van der Waals surface area contributed by atoms with Crippen LogP contribution >= 0.6 is 0 Å². The Morgan fingerprint density at radius 2 is 1.81 bits per heavy atom. The maximum Gasteiger partial charge on any atom is 0.573 e. The summed E-state index contributed by atoms with van der Waals surface area (Å²) in [6, 6.07) is 7.53. The van der Waals surface area contributed by atoms with E-state index in [1.807, 2.05) is 42.0 Å². The van der Waals surface area contributed by atoms with Crippen molar-refractivity contribution in [2.24, 2.45) is 0 Å². The number of benzene rings is 1. The van der Waals surface area contributed by atoms with Crippen molar-refractivity contribution >= 4 is 12.7 Å². The van der Waals surface area contributed by atoms with E-state index in [0.717, 1.165) is 16.3 Å². The van der Waals surface area contributed by atoms with E-state index in [0.29, 0.717) is 0 Å². The molecule has 110 valence electrons. The van der Waals surface area contributed by atoms with Gasteiger partial charge in [0.15, 0.2) is 0 Å². The van der Waals surface area contributed by atoms with Gasteiger partial charge in [-0.2, -0.15) is 0 Å². The molecule has 1 aromatic heterocycles. The van der Waals surface area contributed by atoms with Crippen LogP contribution in [0.2, 0.25) is 0 Å². The smallest absolute Gasteiger partial charge is 0.406 e. The Balaban J connectivity index is 2.38. The highest BCUT2D eigenvalue weighted by Crippen LogP contribution is 2.23. The van der Waals surface area contributed by atoms with Gasteiger partial charge >= 0.3 is 6.36 Å². The Bertz CT molecular complexity index is 739. The van der Waals surface area contributed by atoms with E-state index in [9.17, 15) is 13.2 Å². The number of alkyl halides is 3. The molecule has 1 heterocycles. The first kappa shape index (κ1) is 15.0. The van der Waals surface area contributed by atoms with Crippen LogP contribution in [0, 0.1) is 0 Å². The Labute approximate surface area is 120 Å². The van der Waals surface area contributed by atoms with E-state index >= 15 is 0 Å². The van der Waals surface area contributed by atoms with Crippen LogP contribution in [-0.4, -0.2) is 10.9 Å². The van der Waals surface area contributed by atoms with E-state index < -0.39 is 6.36 Å². The van der Waals surface area contributed by atoms with Crippen molar-refractivity contribution in [3.63, 3.8) is 0 Å². The molecule has 0 saturated heterocycles. The highest BCUT2D eigenvalue weighted by atomic mass is 19.4.